The highest BCUT2D eigenvalue weighted by Gasteiger charge is 2.44. The number of carbonyl (C=O) groups excluding carboxylic acids is 4. The molecule has 1 aromatic carbocycles. The van der Waals surface area contributed by atoms with E-state index >= 15 is 0 Å². The molecule has 2 saturated heterocycles. The van der Waals surface area contributed by atoms with Crippen molar-refractivity contribution in [3.05, 3.63) is 34.9 Å². The maximum atomic E-state index is 13.0. The summed E-state index contributed by atoms with van der Waals surface area (Å²) in [7, 11) is 0. The van der Waals surface area contributed by atoms with E-state index in [0.717, 1.165) is 23.3 Å². The molecule has 2 unspecified atom stereocenters. The zero-order valence-electron chi connectivity index (χ0n) is 17.0. The zero-order chi connectivity index (χ0) is 21.6. The number of hydrogen-bond acceptors (Lipinski definition) is 6. The maximum absolute atomic E-state index is 13.0. The van der Waals surface area contributed by atoms with Crippen molar-refractivity contribution in [2.24, 2.45) is 0 Å². The van der Waals surface area contributed by atoms with Crippen LogP contribution in [0.15, 0.2) is 18.2 Å². The lowest BCUT2D eigenvalue weighted by molar-refractivity contribution is -0.143. The van der Waals surface area contributed by atoms with Crippen molar-refractivity contribution < 1.29 is 29.1 Å². The molecule has 0 aromatic heterocycles. The lowest BCUT2D eigenvalue weighted by Gasteiger charge is -2.34. The minimum absolute atomic E-state index is 0. The summed E-state index contributed by atoms with van der Waals surface area (Å²) in [6.07, 6.45) is 1.73. The molecule has 2 fully saturated rings. The third-order valence-electron chi connectivity index (χ3n) is 6.37. The van der Waals surface area contributed by atoms with Gasteiger partial charge >= 0.3 is 5.97 Å². The topological polar surface area (TPSA) is 124 Å². The standard InChI is InChI=1S/C21H23N3O6.ClH/c1-11(21(29)30)23-8-6-12(7-9-23)13-2-3-14-15(10-13)20(28)24(19(14)27)16-4-5-17(25)22-18(16)26;/h2-3,10-12,16H,4-9H2,1H3,(H,29,30)(H,22,25,26);1H. The molecule has 1 aromatic rings. The average molecular weight is 450 g/mol. The van der Waals surface area contributed by atoms with E-state index in [9.17, 15) is 29.1 Å². The monoisotopic (exact) mass is 449 g/mol. The number of likely N-dealkylation sites (tertiary alicyclic amines) is 1. The number of amides is 4. The molecule has 10 heteroatoms. The number of carboxylic acid groups (broad SMARTS) is 1. The molecule has 3 heterocycles. The molecule has 0 radical (unpaired) electrons. The van der Waals surface area contributed by atoms with Gasteiger partial charge in [-0.1, -0.05) is 6.07 Å². The van der Waals surface area contributed by atoms with Crippen molar-refractivity contribution in [1.29, 1.82) is 0 Å². The van der Waals surface area contributed by atoms with Crippen LogP contribution < -0.4 is 5.32 Å². The first-order chi connectivity index (χ1) is 14.3. The van der Waals surface area contributed by atoms with Crippen LogP contribution in [0.1, 0.15) is 64.8 Å². The average Bonchev–Trinajstić information content (AvgIpc) is 2.98. The number of nitrogens with one attached hydrogen (secondary N) is 1. The van der Waals surface area contributed by atoms with E-state index in [-0.39, 0.29) is 42.3 Å². The molecule has 0 bridgehead atoms. The van der Waals surface area contributed by atoms with Gasteiger partial charge in [0.15, 0.2) is 0 Å². The molecule has 0 spiro atoms. The fraction of sp³-hybridized carbons (Fsp3) is 0.476. The highest BCUT2D eigenvalue weighted by molar-refractivity contribution is 6.23. The Labute approximate surface area is 185 Å². The Kier molecular flexibility index (Phi) is 6.47. The molecule has 2 atom stereocenters. The molecule has 31 heavy (non-hydrogen) atoms. The number of hydrogen-bond donors (Lipinski definition) is 2. The Morgan fingerprint density at radius 2 is 1.71 bits per heavy atom. The maximum Gasteiger partial charge on any atom is 0.320 e. The molecule has 4 rings (SSSR count). The second kappa shape index (κ2) is 8.76. The number of aliphatic carboxylic acids is 1. The van der Waals surface area contributed by atoms with Crippen molar-refractivity contribution in [3.63, 3.8) is 0 Å². The number of rotatable bonds is 4. The Balaban J connectivity index is 0.00000272. The third kappa shape index (κ3) is 4.07. The number of carbonyl (C=O) groups is 5. The molecule has 0 saturated carbocycles. The van der Waals surface area contributed by atoms with E-state index in [1.54, 1.807) is 19.1 Å². The summed E-state index contributed by atoms with van der Waals surface area (Å²) >= 11 is 0. The van der Waals surface area contributed by atoms with Crippen molar-refractivity contribution in [2.75, 3.05) is 13.1 Å². The molecule has 3 aliphatic heterocycles. The van der Waals surface area contributed by atoms with Gasteiger partial charge in [-0.05, 0) is 62.9 Å². The van der Waals surface area contributed by atoms with Gasteiger partial charge in [0.2, 0.25) is 11.8 Å². The summed E-state index contributed by atoms with van der Waals surface area (Å²) in [5.74, 6) is -2.73. The molecule has 0 aliphatic carbocycles. The first-order valence-corrected chi connectivity index (χ1v) is 10.1. The van der Waals surface area contributed by atoms with Crippen molar-refractivity contribution in [1.82, 2.24) is 15.1 Å². The first-order valence-electron chi connectivity index (χ1n) is 10.1. The Hall–Kier alpha value is -2.78. The fourth-order valence-corrected chi connectivity index (χ4v) is 4.52. The van der Waals surface area contributed by atoms with Gasteiger partial charge in [0.1, 0.15) is 12.1 Å². The highest BCUT2D eigenvalue weighted by Crippen LogP contribution is 2.34. The molecular weight excluding hydrogens is 426 g/mol. The summed E-state index contributed by atoms with van der Waals surface area (Å²) < 4.78 is 0. The Bertz CT molecular complexity index is 956. The predicted octanol–water partition coefficient (Wildman–Crippen LogP) is 1.16. The Morgan fingerprint density at radius 3 is 2.32 bits per heavy atom. The molecule has 2 N–H and O–H groups in total. The number of piperidine rings is 2. The smallest absolute Gasteiger partial charge is 0.320 e. The number of fused-ring (bicyclic) bond motifs is 1. The largest absolute Gasteiger partial charge is 0.480 e. The number of imide groups is 2. The molecular formula is C21H24ClN3O6. The lowest BCUT2D eigenvalue weighted by atomic mass is 9.87. The van der Waals surface area contributed by atoms with Crippen LogP contribution >= 0.6 is 12.4 Å². The third-order valence-corrected chi connectivity index (χ3v) is 6.37. The summed E-state index contributed by atoms with van der Waals surface area (Å²) in [6, 6.07) is 3.68. The molecule has 3 aliphatic rings. The fourth-order valence-electron chi connectivity index (χ4n) is 4.52. The minimum Gasteiger partial charge on any atom is -0.480 e. The number of benzene rings is 1. The number of carboxylic acids is 1. The highest BCUT2D eigenvalue weighted by atomic mass is 35.5. The van der Waals surface area contributed by atoms with Crippen LogP contribution in [-0.4, -0.2) is 69.7 Å². The van der Waals surface area contributed by atoms with Crippen LogP contribution in [0.3, 0.4) is 0 Å². The van der Waals surface area contributed by atoms with E-state index in [0.29, 0.717) is 13.1 Å². The summed E-state index contributed by atoms with van der Waals surface area (Å²) in [4.78, 5) is 63.3. The van der Waals surface area contributed by atoms with Gasteiger partial charge in [-0.3, -0.25) is 39.1 Å². The summed E-state index contributed by atoms with van der Waals surface area (Å²) in [6.45, 7) is 2.96. The van der Waals surface area contributed by atoms with Crippen molar-refractivity contribution in [3.8, 4) is 0 Å². The van der Waals surface area contributed by atoms with Crippen LogP contribution in [0.25, 0.3) is 0 Å². The quantitative estimate of drug-likeness (QED) is 0.661. The van der Waals surface area contributed by atoms with E-state index < -0.39 is 41.7 Å². The van der Waals surface area contributed by atoms with Gasteiger partial charge in [-0.2, -0.15) is 0 Å². The van der Waals surface area contributed by atoms with Gasteiger partial charge in [-0.15, -0.1) is 12.4 Å². The van der Waals surface area contributed by atoms with E-state index in [1.807, 2.05) is 11.0 Å². The summed E-state index contributed by atoms with van der Waals surface area (Å²) in [5, 5.41) is 11.4. The number of halogens is 1. The van der Waals surface area contributed by atoms with Crippen LogP contribution in [0.4, 0.5) is 0 Å². The second-order valence-corrected chi connectivity index (χ2v) is 8.08. The lowest BCUT2D eigenvalue weighted by Crippen LogP contribution is -2.54. The van der Waals surface area contributed by atoms with Crippen molar-refractivity contribution in [2.45, 2.75) is 50.6 Å². The van der Waals surface area contributed by atoms with E-state index in [4.69, 9.17) is 0 Å². The van der Waals surface area contributed by atoms with Gasteiger partial charge in [0.25, 0.3) is 11.8 Å². The SMILES string of the molecule is CC(C(=O)O)N1CCC(c2ccc3c(c2)C(=O)N(C2CCC(=O)NC2=O)C3=O)CC1.Cl. The van der Waals surface area contributed by atoms with Gasteiger partial charge in [0.05, 0.1) is 11.1 Å². The van der Waals surface area contributed by atoms with Gasteiger partial charge in [0, 0.05) is 6.42 Å². The van der Waals surface area contributed by atoms with E-state index in [2.05, 4.69) is 5.32 Å². The predicted molar refractivity (Wildman–Crippen MR) is 111 cm³/mol. The molecule has 4 amide bonds. The Morgan fingerprint density at radius 1 is 1.06 bits per heavy atom. The van der Waals surface area contributed by atoms with Crippen LogP contribution in [0.2, 0.25) is 0 Å². The first kappa shape index (κ1) is 22.9. The molecule has 166 valence electrons. The minimum atomic E-state index is -0.973. The van der Waals surface area contributed by atoms with Gasteiger partial charge < -0.3 is 5.11 Å². The van der Waals surface area contributed by atoms with Crippen LogP contribution in [-0.2, 0) is 14.4 Å². The van der Waals surface area contributed by atoms with Crippen molar-refractivity contribution >= 4 is 42.0 Å². The zero-order valence-corrected chi connectivity index (χ0v) is 17.8. The normalized spacial score (nSPS) is 23.3. The summed E-state index contributed by atoms with van der Waals surface area (Å²) in [5.41, 5.74) is 1.48. The molecule has 9 nitrogen and oxygen atoms in total. The van der Waals surface area contributed by atoms with Gasteiger partial charge in [-0.25, -0.2) is 0 Å². The van der Waals surface area contributed by atoms with Crippen LogP contribution in [0, 0.1) is 0 Å². The van der Waals surface area contributed by atoms with E-state index in [1.165, 1.54) is 0 Å². The second-order valence-electron chi connectivity index (χ2n) is 8.08. The number of nitrogens with zero attached hydrogens (tertiary/aromatic N) is 2. The van der Waals surface area contributed by atoms with Crippen LogP contribution in [0.5, 0.6) is 0 Å².